The number of ether oxygens (including phenoxy) is 2. The van der Waals surface area contributed by atoms with Crippen molar-refractivity contribution in [1.29, 1.82) is 0 Å². The van der Waals surface area contributed by atoms with Crippen molar-refractivity contribution in [1.82, 2.24) is 10.6 Å². The molecule has 19 heavy (non-hydrogen) atoms. The number of nitrogens with one attached hydrogen (secondary N) is 2. The smallest absolute Gasteiger partial charge is 0.251 e. The monoisotopic (exact) mass is 262 g/mol. The fourth-order valence-electron chi connectivity index (χ4n) is 2.52. The van der Waals surface area contributed by atoms with Crippen LogP contribution in [0, 0.1) is 5.92 Å². The molecule has 2 aliphatic heterocycles. The summed E-state index contributed by atoms with van der Waals surface area (Å²) in [6.45, 7) is 4.28. The molecule has 0 radical (unpaired) electrons. The van der Waals surface area contributed by atoms with Gasteiger partial charge < -0.3 is 20.1 Å². The predicted molar refractivity (Wildman–Crippen MR) is 70.5 cm³/mol. The lowest BCUT2D eigenvalue weighted by Gasteiger charge is -2.30. The SMILES string of the molecule is CC1CNCCC1NC(=O)c1ccc2c(c1)OCO2. The van der Waals surface area contributed by atoms with Crippen molar-refractivity contribution in [2.75, 3.05) is 19.9 Å². The van der Waals surface area contributed by atoms with Gasteiger partial charge in [-0.25, -0.2) is 0 Å². The maximum Gasteiger partial charge on any atom is 0.251 e. The molecule has 1 saturated heterocycles. The molecule has 2 N–H and O–H groups in total. The van der Waals surface area contributed by atoms with E-state index in [9.17, 15) is 4.79 Å². The van der Waals surface area contributed by atoms with Gasteiger partial charge in [-0.3, -0.25) is 4.79 Å². The summed E-state index contributed by atoms with van der Waals surface area (Å²) in [5.74, 6) is 1.75. The molecular formula is C14H18N2O3. The maximum absolute atomic E-state index is 12.2. The van der Waals surface area contributed by atoms with E-state index in [0.29, 0.717) is 23.0 Å². The highest BCUT2D eigenvalue weighted by Gasteiger charge is 2.24. The van der Waals surface area contributed by atoms with Gasteiger partial charge in [0.1, 0.15) is 0 Å². The predicted octanol–water partition coefficient (Wildman–Crippen LogP) is 1.14. The van der Waals surface area contributed by atoms with Crippen LogP contribution >= 0.6 is 0 Å². The molecule has 2 unspecified atom stereocenters. The molecule has 0 aliphatic carbocycles. The van der Waals surface area contributed by atoms with E-state index in [1.165, 1.54) is 0 Å². The van der Waals surface area contributed by atoms with Crippen molar-refractivity contribution in [2.45, 2.75) is 19.4 Å². The average Bonchev–Trinajstić information content (AvgIpc) is 2.88. The van der Waals surface area contributed by atoms with Crippen molar-refractivity contribution in [2.24, 2.45) is 5.92 Å². The second kappa shape index (κ2) is 5.09. The largest absolute Gasteiger partial charge is 0.454 e. The minimum Gasteiger partial charge on any atom is -0.454 e. The zero-order chi connectivity index (χ0) is 13.2. The Morgan fingerprint density at radius 2 is 2.21 bits per heavy atom. The molecule has 0 aromatic heterocycles. The number of carbonyl (C=O) groups is 1. The fourth-order valence-corrected chi connectivity index (χ4v) is 2.52. The van der Waals surface area contributed by atoms with Crippen LogP contribution in [0.2, 0.25) is 0 Å². The molecule has 2 heterocycles. The Bertz CT molecular complexity index is 490. The summed E-state index contributed by atoms with van der Waals surface area (Å²) in [5, 5.41) is 6.42. The van der Waals surface area contributed by atoms with Gasteiger partial charge >= 0.3 is 0 Å². The molecule has 1 amide bonds. The third-order valence-electron chi connectivity index (χ3n) is 3.74. The molecule has 0 saturated carbocycles. The number of piperidine rings is 1. The Morgan fingerprint density at radius 3 is 3.05 bits per heavy atom. The lowest BCUT2D eigenvalue weighted by atomic mass is 9.95. The standard InChI is InChI=1S/C14H18N2O3/c1-9-7-15-5-4-11(9)16-14(17)10-2-3-12-13(6-10)19-8-18-12/h2-3,6,9,11,15H,4-5,7-8H2,1H3,(H,16,17). The third kappa shape index (κ3) is 2.51. The number of fused-ring (bicyclic) bond motifs is 1. The van der Waals surface area contributed by atoms with E-state index in [1.54, 1.807) is 18.2 Å². The van der Waals surface area contributed by atoms with Gasteiger partial charge in [0.25, 0.3) is 5.91 Å². The van der Waals surface area contributed by atoms with Crippen LogP contribution in [0.3, 0.4) is 0 Å². The Morgan fingerprint density at radius 1 is 1.37 bits per heavy atom. The van der Waals surface area contributed by atoms with Crippen molar-refractivity contribution < 1.29 is 14.3 Å². The molecule has 2 atom stereocenters. The number of rotatable bonds is 2. The summed E-state index contributed by atoms with van der Waals surface area (Å²) in [6, 6.07) is 5.53. The van der Waals surface area contributed by atoms with E-state index in [2.05, 4.69) is 17.6 Å². The van der Waals surface area contributed by atoms with Gasteiger partial charge in [-0.15, -0.1) is 0 Å². The zero-order valence-corrected chi connectivity index (χ0v) is 10.9. The molecule has 1 fully saturated rings. The Hall–Kier alpha value is -1.75. The summed E-state index contributed by atoms with van der Waals surface area (Å²) in [7, 11) is 0. The first-order chi connectivity index (χ1) is 9.24. The van der Waals surface area contributed by atoms with Crippen LogP contribution in [0.5, 0.6) is 11.5 Å². The van der Waals surface area contributed by atoms with E-state index in [4.69, 9.17) is 9.47 Å². The molecule has 5 heteroatoms. The second-order valence-electron chi connectivity index (χ2n) is 5.12. The number of amides is 1. The van der Waals surface area contributed by atoms with Crippen molar-refractivity contribution >= 4 is 5.91 Å². The van der Waals surface area contributed by atoms with Gasteiger partial charge in [-0.1, -0.05) is 6.92 Å². The summed E-state index contributed by atoms with van der Waals surface area (Å²) < 4.78 is 10.5. The van der Waals surface area contributed by atoms with Crippen LogP contribution in [0.1, 0.15) is 23.7 Å². The molecular weight excluding hydrogens is 244 g/mol. The highest BCUT2D eigenvalue weighted by atomic mass is 16.7. The van der Waals surface area contributed by atoms with Gasteiger partial charge in [-0.2, -0.15) is 0 Å². The Labute approximate surface area is 112 Å². The van der Waals surface area contributed by atoms with E-state index >= 15 is 0 Å². The van der Waals surface area contributed by atoms with Crippen LogP contribution in [-0.2, 0) is 0 Å². The van der Waals surface area contributed by atoms with Crippen LogP contribution in [-0.4, -0.2) is 31.8 Å². The fraction of sp³-hybridized carbons (Fsp3) is 0.500. The molecule has 3 rings (SSSR count). The van der Waals surface area contributed by atoms with Crippen LogP contribution < -0.4 is 20.1 Å². The Balaban J connectivity index is 1.70. The number of hydrogen-bond donors (Lipinski definition) is 2. The first-order valence-electron chi connectivity index (χ1n) is 6.65. The molecule has 5 nitrogen and oxygen atoms in total. The number of benzene rings is 1. The molecule has 1 aromatic carbocycles. The zero-order valence-electron chi connectivity index (χ0n) is 10.9. The summed E-state index contributed by atoms with van der Waals surface area (Å²) in [6.07, 6.45) is 0.970. The average molecular weight is 262 g/mol. The van der Waals surface area contributed by atoms with Gasteiger partial charge in [0.05, 0.1) is 0 Å². The molecule has 1 aromatic rings. The van der Waals surface area contributed by atoms with Gasteiger partial charge in [0.2, 0.25) is 6.79 Å². The summed E-state index contributed by atoms with van der Waals surface area (Å²) >= 11 is 0. The minimum atomic E-state index is -0.0444. The highest BCUT2D eigenvalue weighted by Crippen LogP contribution is 2.32. The first kappa shape index (κ1) is 12.3. The number of hydrogen-bond acceptors (Lipinski definition) is 4. The van der Waals surface area contributed by atoms with Crippen LogP contribution in [0.4, 0.5) is 0 Å². The van der Waals surface area contributed by atoms with Gasteiger partial charge in [0, 0.05) is 11.6 Å². The highest BCUT2D eigenvalue weighted by molar-refractivity contribution is 5.95. The summed E-state index contributed by atoms with van der Waals surface area (Å²) in [5.41, 5.74) is 0.620. The van der Waals surface area contributed by atoms with Crippen molar-refractivity contribution in [3.8, 4) is 11.5 Å². The first-order valence-corrected chi connectivity index (χ1v) is 6.65. The molecule has 0 spiro atoms. The lowest BCUT2D eigenvalue weighted by molar-refractivity contribution is 0.0914. The van der Waals surface area contributed by atoms with Gasteiger partial charge in [-0.05, 0) is 43.6 Å². The van der Waals surface area contributed by atoms with Crippen LogP contribution in [0.15, 0.2) is 18.2 Å². The van der Waals surface area contributed by atoms with E-state index in [-0.39, 0.29) is 18.7 Å². The summed E-state index contributed by atoms with van der Waals surface area (Å²) in [4.78, 5) is 12.2. The normalized spacial score (nSPS) is 25.1. The van der Waals surface area contributed by atoms with Crippen molar-refractivity contribution in [3.63, 3.8) is 0 Å². The minimum absolute atomic E-state index is 0.0444. The molecule has 2 aliphatic rings. The quantitative estimate of drug-likeness (QED) is 0.839. The third-order valence-corrected chi connectivity index (χ3v) is 3.74. The Kier molecular flexibility index (Phi) is 3.29. The van der Waals surface area contributed by atoms with Crippen LogP contribution in [0.25, 0.3) is 0 Å². The number of carbonyl (C=O) groups excluding carboxylic acids is 1. The molecule has 102 valence electrons. The van der Waals surface area contributed by atoms with E-state index in [1.807, 2.05) is 0 Å². The maximum atomic E-state index is 12.2. The van der Waals surface area contributed by atoms with Gasteiger partial charge in [0.15, 0.2) is 11.5 Å². The van der Waals surface area contributed by atoms with E-state index in [0.717, 1.165) is 19.5 Å². The second-order valence-corrected chi connectivity index (χ2v) is 5.12. The molecule has 0 bridgehead atoms. The van der Waals surface area contributed by atoms with Crippen molar-refractivity contribution in [3.05, 3.63) is 23.8 Å². The van der Waals surface area contributed by atoms with E-state index < -0.39 is 0 Å². The lowest BCUT2D eigenvalue weighted by Crippen LogP contribution is -2.48. The topological polar surface area (TPSA) is 59.6 Å².